The number of unbranched alkanes of at least 4 members (excludes halogenated alkanes) is 1. The lowest BCUT2D eigenvalue weighted by atomic mass is 10.3. The van der Waals surface area contributed by atoms with Crippen LogP contribution in [0.1, 0.15) is 19.8 Å². The van der Waals surface area contributed by atoms with E-state index in [1.54, 1.807) is 0 Å². The first-order valence-electron chi connectivity index (χ1n) is 5.66. The Morgan fingerprint density at radius 2 is 2.11 bits per heavy atom. The number of rotatable bonds is 6. The number of nitrogens with one attached hydrogen (secondary N) is 1. The summed E-state index contributed by atoms with van der Waals surface area (Å²) in [6.07, 6.45) is 1.65. The van der Waals surface area contributed by atoms with Crippen molar-refractivity contribution in [3.8, 4) is 0 Å². The molecule has 0 aliphatic rings. The number of hydrogen-bond acceptors (Lipinski definition) is 3. The Bertz CT molecular complexity index is 505. The van der Waals surface area contributed by atoms with E-state index in [0.29, 0.717) is 6.54 Å². The van der Waals surface area contributed by atoms with Gasteiger partial charge in [-0.05, 0) is 18.6 Å². The molecule has 5 nitrogen and oxygen atoms in total. The largest absolute Gasteiger partial charge is 0.397 e. The van der Waals surface area contributed by atoms with E-state index >= 15 is 0 Å². The van der Waals surface area contributed by atoms with Gasteiger partial charge in [-0.2, -0.15) is 12.7 Å². The molecule has 0 aromatic heterocycles. The molecule has 0 aliphatic heterocycles. The predicted octanol–water partition coefficient (Wildman–Crippen LogP) is 1.80. The van der Waals surface area contributed by atoms with Gasteiger partial charge in [0, 0.05) is 19.7 Å². The van der Waals surface area contributed by atoms with Gasteiger partial charge in [-0.3, -0.25) is 4.72 Å². The fraction of sp³-hybridized carbons (Fsp3) is 0.455. The van der Waals surface area contributed by atoms with Gasteiger partial charge in [-0.15, -0.1) is 0 Å². The Labute approximate surface area is 107 Å². The third-order valence-corrected chi connectivity index (χ3v) is 3.97. The first-order valence-corrected chi connectivity index (χ1v) is 7.10. The van der Waals surface area contributed by atoms with E-state index in [2.05, 4.69) is 4.72 Å². The van der Waals surface area contributed by atoms with Crippen LogP contribution in [0.15, 0.2) is 18.2 Å². The van der Waals surface area contributed by atoms with Crippen LogP contribution in [0.4, 0.5) is 15.8 Å². The van der Waals surface area contributed by atoms with E-state index in [4.69, 9.17) is 5.73 Å². The highest BCUT2D eigenvalue weighted by atomic mass is 32.2. The summed E-state index contributed by atoms with van der Waals surface area (Å²) < 4.78 is 40.3. The molecule has 3 N–H and O–H groups in total. The van der Waals surface area contributed by atoms with Crippen molar-refractivity contribution in [1.82, 2.24) is 4.31 Å². The maximum atomic E-state index is 13.0. The molecule has 1 aromatic carbocycles. The first kappa shape index (κ1) is 14.7. The normalized spacial score (nSPS) is 11.8. The minimum atomic E-state index is -3.69. The van der Waals surface area contributed by atoms with Crippen LogP contribution >= 0.6 is 0 Å². The maximum Gasteiger partial charge on any atom is 0.301 e. The lowest BCUT2D eigenvalue weighted by Gasteiger charge is -2.18. The number of nitrogens with two attached hydrogens (primary N) is 1. The molecule has 0 aliphatic carbocycles. The van der Waals surface area contributed by atoms with Crippen molar-refractivity contribution in [3.05, 3.63) is 24.0 Å². The predicted molar refractivity (Wildman–Crippen MR) is 70.9 cm³/mol. The van der Waals surface area contributed by atoms with E-state index in [9.17, 15) is 12.8 Å². The first-order chi connectivity index (χ1) is 8.36. The highest BCUT2D eigenvalue weighted by Gasteiger charge is 2.18. The number of halogens is 1. The number of anilines is 2. The smallest absolute Gasteiger partial charge is 0.301 e. The number of nitrogen functional groups attached to an aromatic ring is 1. The Morgan fingerprint density at radius 3 is 2.72 bits per heavy atom. The summed E-state index contributed by atoms with van der Waals surface area (Å²) in [5, 5.41) is 0. The molecular formula is C11H18FN3O2S. The van der Waals surface area contributed by atoms with E-state index in [1.165, 1.54) is 23.5 Å². The van der Waals surface area contributed by atoms with Crippen molar-refractivity contribution in [1.29, 1.82) is 0 Å². The highest BCUT2D eigenvalue weighted by molar-refractivity contribution is 7.90. The summed E-state index contributed by atoms with van der Waals surface area (Å²) in [7, 11) is -2.22. The maximum absolute atomic E-state index is 13.0. The molecule has 0 radical (unpaired) electrons. The SMILES string of the molecule is CCCCN(C)S(=O)(=O)Nc1cc(F)ccc1N. The van der Waals surface area contributed by atoms with Gasteiger partial charge in [0.2, 0.25) is 0 Å². The Kier molecular flexibility index (Phi) is 4.92. The van der Waals surface area contributed by atoms with Gasteiger partial charge in [0.05, 0.1) is 11.4 Å². The molecule has 0 saturated heterocycles. The monoisotopic (exact) mass is 275 g/mol. The second-order valence-electron chi connectivity index (χ2n) is 4.01. The summed E-state index contributed by atoms with van der Waals surface area (Å²) >= 11 is 0. The zero-order valence-electron chi connectivity index (χ0n) is 10.5. The molecule has 102 valence electrons. The molecule has 0 amide bonds. The summed E-state index contributed by atoms with van der Waals surface area (Å²) in [4.78, 5) is 0. The zero-order chi connectivity index (χ0) is 13.8. The molecule has 0 bridgehead atoms. The van der Waals surface area contributed by atoms with Gasteiger partial charge in [0.25, 0.3) is 0 Å². The van der Waals surface area contributed by atoms with Crippen LogP contribution in [0.2, 0.25) is 0 Å². The van der Waals surface area contributed by atoms with Crippen molar-refractivity contribution in [2.45, 2.75) is 19.8 Å². The summed E-state index contributed by atoms with van der Waals surface area (Å²) in [5.41, 5.74) is 5.82. The van der Waals surface area contributed by atoms with Gasteiger partial charge in [-0.1, -0.05) is 13.3 Å². The average molecular weight is 275 g/mol. The Morgan fingerprint density at radius 1 is 1.44 bits per heavy atom. The molecule has 0 heterocycles. The fourth-order valence-electron chi connectivity index (χ4n) is 1.33. The molecule has 0 saturated carbocycles. The second kappa shape index (κ2) is 6.01. The van der Waals surface area contributed by atoms with Crippen LogP contribution in [0.25, 0.3) is 0 Å². The van der Waals surface area contributed by atoms with Crippen LogP contribution in [0, 0.1) is 5.82 Å². The summed E-state index contributed by atoms with van der Waals surface area (Å²) in [5.74, 6) is -0.543. The van der Waals surface area contributed by atoms with Crippen LogP contribution in [0.3, 0.4) is 0 Å². The lowest BCUT2D eigenvalue weighted by molar-refractivity contribution is 0.463. The molecule has 1 aromatic rings. The van der Waals surface area contributed by atoms with E-state index in [1.807, 2.05) is 6.92 Å². The van der Waals surface area contributed by atoms with E-state index in [0.717, 1.165) is 18.9 Å². The van der Waals surface area contributed by atoms with E-state index < -0.39 is 16.0 Å². The molecule has 0 unspecified atom stereocenters. The van der Waals surface area contributed by atoms with Crippen LogP contribution < -0.4 is 10.5 Å². The minimum absolute atomic E-state index is 0.0540. The molecule has 1 rings (SSSR count). The molecule has 0 atom stereocenters. The summed E-state index contributed by atoms with van der Waals surface area (Å²) in [6, 6.07) is 3.55. The molecule has 18 heavy (non-hydrogen) atoms. The van der Waals surface area contributed by atoms with Crippen molar-refractivity contribution in [2.24, 2.45) is 0 Å². The molecule has 7 heteroatoms. The van der Waals surface area contributed by atoms with Gasteiger partial charge in [0.15, 0.2) is 0 Å². The minimum Gasteiger partial charge on any atom is -0.397 e. The number of hydrogen-bond donors (Lipinski definition) is 2. The lowest BCUT2D eigenvalue weighted by Crippen LogP contribution is -2.33. The molecule has 0 spiro atoms. The van der Waals surface area contributed by atoms with E-state index in [-0.39, 0.29) is 11.4 Å². The highest BCUT2D eigenvalue weighted by Crippen LogP contribution is 2.21. The summed E-state index contributed by atoms with van der Waals surface area (Å²) in [6.45, 7) is 2.37. The molecular weight excluding hydrogens is 257 g/mol. The number of nitrogens with zero attached hydrogens (tertiary/aromatic N) is 1. The van der Waals surface area contributed by atoms with Crippen molar-refractivity contribution in [3.63, 3.8) is 0 Å². The zero-order valence-corrected chi connectivity index (χ0v) is 11.3. The average Bonchev–Trinajstić information content (AvgIpc) is 2.30. The van der Waals surface area contributed by atoms with Crippen molar-refractivity contribution < 1.29 is 12.8 Å². The van der Waals surface area contributed by atoms with Crippen LogP contribution in [0.5, 0.6) is 0 Å². The standard InChI is InChI=1S/C11H18FN3O2S/c1-3-4-7-15(2)18(16,17)14-11-8-9(12)5-6-10(11)13/h5-6,8,14H,3-4,7,13H2,1-2H3. The third-order valence-electron chi connectivity index (χ3n) is 2.49. The Hall–Kier alpha value is -1.34. The second-order valence-corrected chi connectivity index (χ2v) is 5.79. The van der Waals surface area contributed by atoms with Crippen LogP contribution in [-0.4, -0.2) is 26.3 Å². The molecule has 0 fully saturated rings. The number of benzene rings is 1. The van der Waals surface area contributed by atoms with Gasteiger partial charge >= 0.3 is 10.2 Å². The van der Waals surface area contributed by atoms with Gasteiger partial charge in [0.1, 0.15) is 5.82 Å². The van der Waals surface area contributed by atoms with Crippen LogP contribution in [-0.2, 0) is 10.2 Å². The quantitative estimate of drug-likeness (QED) is 0.777. The van der Waals surface area contributed by atoms with Gasteiger partial charge in [-0.25, -0.2) is 4.39 Å². The topological polar surface area (TPSA) is 75.4 Å². The fourth-order valence-corrected chi connectivity index (χ4v) is 2.31. The Balaban J connectivity index is 2.85. The third kappa shape index (κ3) is 3.85. The van der Waals surface area contributed by atoms with Gasteiger partial charge < -0.3 is 5.73 Å². The van der Waals surface area contributed by atoms with Crippen molar-refractivity contribution >= 4 is 21.6 Å². The van der Waals surface area contributed by atoms with Crippen molar-refractivity contribution in [2.75, 3.05) is 24.0 Å².